The van der Waals surface area contributed by atoms with Gasteiger partial charge in [-0.05, 0) is 72.6 Å². The number of nitrogens with zero attached hydrogens (tertiary/aromatic N) is 1. The minimum absolute atomic E-state index is 0.00135. The molecule has 4 nitrogen and oxygen atoms in total. The molecule has 1 aliphatic heterocycles. The number of halogens is 3. The van der Waals surface area contributed by atoms with Crippen LogP contribution >= 0.6 is 11.3 Å². The van der Waals surface area contributed by atoms with Crippen molar-refractivity contribution >= 4 is 22.9 Å². The van der Waals surface area contributed by atoms with Gasteiger partial charge in [0.05, 0.1) is 11.5 Å². The SMILES string of the molecule is C[C@]12C=CC(=O)C=C1[C@@H](F)C[C@H]1[C@@H]3C[C@H]4CN(Cc5cccs5)C[C@@]4(C(=O)CF)[C@@]3(C)C[C@H](O)[C@@]12F. The number of likely N-dealkylation sites (tertiary alicyclic amines) is 1. The van der Waals surface area contributed by atoms with Crippen LogP contribution in [-0.4, -0.2) is 59.3 Å². The second-order valence-corrected chi connectivity index (χ2v) is 13.1. The number of Topliss-reactive ketones (excluding diaryl/α,β-unsaturated/α-hetero) is 1. The fourth-order valence-corrected chi connectivity index (χ4v) is 9.99. The maximum absolute atomic E-state index is 17.4. The van der Waals surface area contributed by atoms with Crippen LogP contribution in [0, 0.1) is 34.0 Å². The Bertz CT molecular complexity index is 1170. The van der Waals surface area contributed by atoms with E-state index >= 15 is 8.78 Å². The van der Waals surface area contributed by atoms with E-state index in [1.807, 2.05) is 24.4 Å². The molecule has 8 heteroatoms. The van der Waals surface area contributed by atoms with Gasteiger partial charge in [0.1, 0.15) is 12.8 Å². The second-order valence-electron chi connectivity index (χ2n) is 12.1. The molecule has 1 N–H and O–H groups in total. The van der Waals surface area contributed by atoms with Gasteiger partial charge < -0.3 is 5.11 Å². The maximum atomic E-state index is 17.4. The predicted molar refractivity (Wildman–Crippen MR) is 131 cm³/mol. The standard InChI is InChI=1S/C28H32F3NO3S/c1-25-6-5-17(33)9-21(25)22(30)10-20-19-8-16-13-32(14-18-4-3-7-36-18)15-27(16,24(35)12-29)26(19,2)11-23(34)28(20,25)31/h3-7,9,16,19-20,22-23,34H,8,10-15H2,1-2H3/t16-,19-,20-,22-,23-,25-,26-,27+,28-/m0/s1. The minimum atomic E-state index is -2.18. The number of hydrogen-bond acceptors (Lipinski definition) is 5. The Kier molecular flexibility index (Phi) is 5.37. The lowest BCUT2D eigenvalue weighted by molar-refractivity contribution is -0.211. The van der Waals surface area contributed by atoms with E-state index in [2.05, 4.69) is 4.90 Å². The molecule has 0 aromatic carbocycles. The largest absolute Gasteiger partial charge is 0.390 e. The van der Waals surface area contributed by atoms with Gasteiger partial charge in [-0.25, -0.2) is 13.2 Å². The number of carbonyl (C=O) groups is 2. The first kappa shape index (κ1) is 24.6. The summed E-state index contributed by atoms with van der Waals surface area (Å²) in [4.78, 5) is 28.8. The first-order valence-electron chi connectivity index (χ1n) is 12.8. The van der Waals surface area contributed by atoms with Crippen molar-refractivity contribution in [3.63, 3.8) is 0 Å². The normalized spacial score (nSPS) is 47.7. The monoisotopic (exact) mass is 519 g/mol. The van der Waals surface area contributed by atoms with Crippen molar-refractivity contribution in [3.05, 3.63) is 46.2 Å². The number of carbonyl (C=O) groups excluding carboxylic acids is 2. The summed E-state index contributed by atoms with van der Waals surface area (Å²) < 4.78 is 47.2. The summed E-state index contributed by atoms with van der Waals surface area (Å²) in [5.74, 6) is -2.26. The summed E-state index contributed by atoms with van der Waals surface area (Å²) >= 11 is 1.63. The van der Waals surface area contributed by atoms with Gasteiger partial charge in [0.15, 0.2) is 17.2 Å². The minimum Gasteiger partial charge on any atom is -0.390 e. The number of ketones is 2. The Labute approximate surface area is 213 Å². The van der Waals surface area contributed by atoms with Gasteiger partial charge in [-0.2, -0.15) is 0 Å². The molecule has 4 fully saturated rings. The van der Waals surface area contributed by atoms with Gasteiger partial charge in [-0.15, -0.1) is 11.3 Å². The van der Waals surface area contributed by atoms with Crippen molar-refractivity contribution in [3.8, 4) is 0 Å². The molecule has 5 aliphatic rings. The van der Waals surface area contributed by atoms with E-state index < -0.39 is 52.6 Å². The van der Waals surface area contributed by atoms with Crippen LogP contribution in [0.3, 0.4) is 0 Å². The van der Waals surface area contributed by atoms with E-state index in [1.165, 1.54) is 18.2 Å². The number of rotatable bonds is 4. The molecule has 0 bridgehead atoms. The van der Waals surface area contributed by atoms with Gasteiger partial charge in [0.2, 0.25) is 0 Å². The second kappa shape index (κ2) is 7.87. The number of aliphatic hydroxyl groups excluding tert-OH is 1. The third-order valence-electron chi connectivity index (χ3n) is 10.8. The van der Waals surface area contributed by atoms with Crippen molar-refractivity contribution in [2.75, 3.05) is 19.8 Å². The molecule has 2 heterocycles. The first-order chi connectivity index (χ1) is 17.0. The lowest BCUT2D eigenvalue weighted by Crippen LogP contribution is -2.69. The van der Waals surface area contributed by atoms with E-state index in [0.717, 1.165) is 4.88 Å². The van der Waals surface area contributed by atoms with Crippen LogP contribution in [0.4, 0.5) is 13.2 Å². The molecule has 6 rings (SSSR count). The van der Waals surface area contributed by atoms with Crippen LogP contribution in [0.2, 0.25) is 0 Å². The highest BCUT2D eigenvalue weighted by molar-refractivity contribution is 7.09. The first-order valence-corrected chi connectivity index (χ1v) is 13.7. The van der Waals surface area contributed by atoms with E-state index in [1.54, 1.807) is 18.3 Å². The molecule has 4 aliphatic carbocycles. The summed E-state index contributed by atoms with van der Waals surface area (Å²) in [6.45, 7) is 3.99. The van der Waals surface area contributed by atoms with Crippen LogP contribution in [0.1, 0.15) is 38.0 Å². The molecule has 0 spiro atoms. The van der Waals surface area contributed by atoms with Crippen LogP contribution < -0.4 is 0 Å². The molecular weight excluding hydrogens is 487 g/mol. The quantitative estimate of drug-likeness (QED) is 0.630. The Morgan fingerprint density at radius 1 is 1.28 bits per heavy atom. The smallest absolute Gasteiger partial charge is 0.178 e. The highest BCUT2D eigenvalue weighted by atomic mass is 32.1. The van der Waals surface area contributed by atoms with Crippen molar-refractivity contribution in [2.24, 2.45) is 34.0 Å². The third kappa shape index (κ3) is 2.84. The summed E-state index contributed by atoms with van der Waals surface area (Å²) in [5, 5.41) is 13.5. The summed E-state index contributed by atoms with van der Waals surface area (Å²) in [6.07, 6.45) is 1.23. The van der Waals surface area contributed by atoms with Crippen LogP contribution in [0.15, 0.2) is 41.3 Å². The zero-order valence-electron chi connectivity index (χ0n) is 20.6. The van der Waals surface area contributed by atoms with Crippen LogP contribution in [0.5, 0.6) is 0 Å². The van der Waals surface area contributed by atoms with E-state index in [0.29, 0.717) is 26.1 Å². The zero-order chi connectivity index (χ0) is 25.7. The fourth-order valence-electron chi connectivity index (χ4n) is 9.24. The van der Waals surface area contributed by atoms with Gasteiger partial charge in [-0.1, -0.05) is 19.1 Å². The van der Waals surface area contributed by atoms with E-state index in [4.69, 9.17) is 0 Å². The number of thiophene rings is 1. The van der Waals surface area contributed by atoms with Gasteiger partial charge >= 0.3 is 0 Å². The lowest BCUT2D eigenvalue weighted by Gasteiger charge is -2.63. The molecule has 0 radical (unpaired) electrons. The summed E-state index contributed by atoms with van der Waals surface area (Å²) in [6, 6.07) is 4.01. The van der Waals surface area contributed by atoms with Crippen molar-refractivity contribution in [1.29, 1.82) is 0 Å². The van der Waals surface area contributed by atoms with Crippen molar-refractivity contribution in [2.45, 2.75) is 57.6 Å². The molecule has 1 aromatic rings. The zero-order valence-corrected chi connectivity index (χ0v) is 21.4. The van der Waals surface area contributed by atoms with Gasteiger partial charge in [0, 0.05) is 35.8 Å². The Hall–Kier alpha value is -1.77. The third-order valence-corrected chi connectivity index (χ3v) is 11.7. The average Bonchev–Trinajstić information content (AvgIpc) is 3.53. The summed E-state index contributed by atoms with van der Waals surface area (Å²) in [5.41, 5.74) is -5.46. The van der Waals surface area contributed by atoms with Gasteiger partial charge in [-0.3, -0.25) is 14.5 Å². The molecule has 36 heavy (non-hydrogen) atoms. The molecule has 0 unspecified atom stereocenters. The summed E-state index contributed by atoms with van der Waals surface area (Å²) in [7, 11) is 0. The van der Waals surface area contributed by atoms with E-state index in [9.17, 15) is 19.1 Å². The van der Waals surface area contributed by atoms with Crippen molar-refractivity contribution in [1.82, 2.24) is 4.90 Å². The molecule has 1 saturated heterocycles. The highest BCUT2D eigenvalue weighted by Gasteiger charge is 2.78. The lowest BCUT2D eigenvalue weighted by atomic mass is 9.43. The Morgan fingerprint density at radius 2 is 2.06 bits per heavy atom. The predicted octanol–water partition coefficient (Wildman–Crippen LogP) is 4.63. The Balaban J connectivity index is 1.42. The van der Waals surface area contributed by atoms with Crippen LogP contribution in [-0.2, 0) is 16.1 Å². The van der Waals surface area contributed by atoms with E-state index in [-0.39, 0.29) is 36.0 Å². The number of allylic oxidation sites excluding steroid dienone is 4. The fraction of sp³-hybridized carbons (Fsp3) is 0.643. The molecule has 3 saturated carbocycles. The molecular formula is C28H32F3NO3S. The molecule has 194 valence electrons. The molecule has 0 amide bonds. The number of alkyl halides is 3. The molecule has 1 aromatic heterocycles. The number of hydrogen-bond donors (Lipinski definition) is 1. The topological polar surface area (TPSA) is 57.6 Å². The maximum Gasteiger partial charge on any atom is 0.178 e. The molecule has 9 atom stereocenters. The van der Waals surface area contributed by atoms with Crippen molar-refractivity contribution < 1.29 is 27.9 Å². The Morgan fingerprint density at radius 3 is 2.75 bits per heavy atom. The highest BCUT2D eigenvalue weighted by Crippen LogP contribution is 2.74. The van der Waals surface area contributed by atoms with Crippen LogP contribution in [0.25, 0.3) is 0 Å². The number of fused-ring (bicyclic) bond motifs is 7. The average molecular weight is 520 g/mol. The number of aliphatic hydroxyl groups is 1. The van der Waals surface area contributed by atoms with Gasteiger partial charge in [0.25, 0.3) is 0 Å².